The first-order chi connectivity index (χ1) is 10.2. The van der Waals surface area contributed by atoms with Crippen molar-refractivity contribution in [2.75, 3.05) is 27.4 Å². The van der Waals surface area contributed by atoms with Gasteiger partial charge >= 0.3 is 0 Å². The van der Waals surface area contributed by atoms with E-state index in [1.165, 1.54) is 0 Å². The van der Waals surface area contributed by atoms with Crippen molar-refractivity contribution in [1.29, 1.82) is 0 Å². The lowest BCUT2D eigenvalue weighted by Crippen LogP contribution is -2.51. The van der Waals surface area contributed by atoms with Gasteiger partial charge in [0.05, 0.1) is 0 Å². The number of rotatable bonds is 4. The third-order valence-electron chi connectivity index (χ3n) is 6.77. The van der Waals surface area contributed by atoms with E-state index >= 15 is 0 Å². The first kappa shape index (κ1) is 13.9. The Kier molecular flexibility index (Phi) is 3.09. The SMILES string of the molecule is COC1(OC)[C@@H]2C=C[C@H]1[C@H]1[C@H]3C=C[C@H]([C@@H](CO)[C@@H]3CO)[C@H]12. The maximum Gasteiger partial charge on any atom is 0.180 e. The molecule has 0 radical (unpaired) electrons. The van der Waals surface area contributed by atoms with Crippen LogP contribution in [0, 0.1) is 47.3 Å². The quantitative estimate of drug-likeness (QED) is 0.601. The van der Waals surface area contributed by atoms with Gasteiger partial charge < -0.3 is 19.7 Å². The number of aliphatic hydroxyl groups is 2. The van der Waals surface area contributed by atoms with Crippen LogP contribution in [-0.2, 0) is 9.47 Å². The molecule has 4 nitrogen and oxygen atoms in total. The zero-order valence-electron chi connectivity index (χ0n) is 12.6. The van der Waals surface area contributed by atoms with Crippen LogP contribution in [0.25, 0.3) is 0 Å². The molecule has 5 aliphatic carbocycles. The largest absolute Gasteiger partial charge is 0.396 e. The number of hydrogen-bond donors (Lipinski definition) is 2. The van der Waals surface area contributed by atoms with Crippen LogP contribution < -0.4 is 0 Å². The van der Waals surface area contributed by atoms with Gasteiger partial charge in [0.1, 0.15) is 0 Å². The van der Waals surface area contributed by atoms with Crippen molar-refractivity contribution in [2.24, 2.45) is 47.3 Å². The van der Waals surface area contributed by atoms with Crippen LogP contribution in [0.1, 0.15) is 0 Å². The zero-order chi connectivity index (χ0) is 14.8. The van der Waals surface area contributed by atoms with Gasteiger partial charge in [-0.2, -0.15) is 0 Å². The lowest BCUT2D eigenvalue weighted by Gasteiger charge is -2.53. The fraction of sp³-hybridized carbons (Fsp3) is 0.765. The van der Waals surface area contributed by atoms with Crippen molar-refractivity contribution in [1.82, 2.24) is 0 Å². The van der Waals surface area contributed by atoms with Crippen molar-refractivity contribution in [3.05, 3.63) is 24.3 Å². The van der Waals surface area contributed by atoms with Crippen molar-refractivity contribution < 1.29 is 19.7 Å². The van der Waals surface area contributed by atoms with E-state index in [4.69, 9.17) is 9.47 Å². The fourth-order valence-electron chi connectivity index (χ4n) is 6.08. The normalized spacial score (nSPS) is 51.6. The van der Waals surface area contributed by atoms with E-state index in [-0.39, 0.29) is 36.9 Å². The highest BCUT2D eigenvalue weighted by Crippen LogP contribution is 2.67. The van der Waals surface area contributed by atoms with E-state index in [0.717, 1.165) is 0 Å². The van der Waals surface area contributed by atoms with Gasteiger partial charge in [0, 0.05) is 39.3 Å². The number of fused-ring (bicyclic) bond motifs is 3. The van der Waals surface area contributed by atoms with Crippen LogP contribution in [0.5, 0.6) is 0 Å². The lowest BCUT2D eigenvalue weighted by atomic mass is 9.51. The molecule has 4 heteroatoms. The molecule has 5 rings (SSSR count). The Hall–Kier alpha value is -0.680. The second-order valence-electron chi connectivity index (χ2n) is 6.95. The van der Waals surface area contributed by atoms with Gasteiger partial charge in [0.2, 0.25) is 0 Å². The molecule has 21 heavy (non-hydrogen) atoms. The summed E-state index contributed by atoms with van der Waals surface area (Å²) in [5, 5.41) is 19.6. The van der Waals surface area contributed by atoms with Crippen LogP contribution in [0.2, 0.25) is 0 Å². The molecule has 8 atom stereocenters. The minimum absolute atomic E-state index is 0.147. The summed E-state index contributed by atoms with van der Waals surface area (Å²) < 4.78 is 11.7. The Balaban J connectivity index is 1.79. The van der Waals surface area contributed by atoms with Crippen LogP contribution in [0.3, 0.4) is 0 Å². The summed E-state index contributed by atoms with van der Waals surface area (Å²) in [6.07, 6.45) is 9.03. The molecular formula is C17H24O4. The summed E-state index contributed by atoms with van der Waals surface area (Å²) in [6.45, 7) is 0.294. The monoisotopic (exact) mass is 292 g/mol. The molecule has 0 heterocycles. The second kappa shape index (κ2) is 4.66. The van der Waals surface area contributed by atoms with E-state index in [9.17, 15) is 10.2 Å². The summed E-state index contributed by atoms with van der Waals surface area (Å²) in [4.78, 5) is 0. The third kappa shape index (κ3) is 1.45. The number of hydrogen-bond acceptors (Lipinski definition) is 4. The summed E-state index contributed by atoms with van der Waals surface area (Å²) in [5.41, 5.74) is 0. The summed E-state index contributed by atoms with van der Waals surface area (Å²) >= 11 is 0. The molecule has 116 valence electrons. The first-order valence-corrected chi connectivity index (χ1v) is 7.92. The molecule has 0 amide bonds. The number of aliphatic hydroxyl groups excluding tert-OH is 2. The van der Waals surface area contributed by atoms with Crippen LogP contribution in [-0.4, -0.2) is 43.4 Å². The molecule has 5 aliphatic rings. The van der Waals surface area contributed by atoms with Crippen LogP contribution in [0.4, 0.5) is 0 Å². The van der Waals surface area contributed by atoms with Crippen molar-refractivity contribution in [3.63, 3.8) is 0 Å². The van der Waals surface area contributed by atoms with E-state index < -0.39 is 5.79 Å². The summed E-state index contributed by atoms with van der Waals surface area (Å²) in [7, 11) is 3.46. The molecule has 0 spiro atoms. The highest BCUT2D eigenvalue weighted by atomic mass is 16.7. The van der Waals surface area contributed by atoms with Crippen molar-refractivity contribution in [3.8, 4) is 0 Å². The first-order valence-electron chi connectivity index (χ1n) is 7.92. The summed E-state index contributed by atoms with van der Waals surface area (Å²) in [5.74, 6) is 1.78. The lowest BCUT2D eigenvalue weighted by molar-refractivity contribution is -0.234. The van der Waals surface area contributed by atoms with E-state index in [0.29, 0.717) is 23.7 Å². The molecule has 2 saturated carbocycles. The number of allylic oxidation sites excluding steroid dienone is 2. The van der Waals surface area contributed by atoms with Gasteiger partial charge in [0.15, 0.2) is 5.79 Å². The number of methoxy groups -OCH3 is 2. The average Bonchev–Trinajstić information content (AvgIpc) is 3.06. The average molecular weight is 292 g/mol. The topological polar surface area (TPSA) is 58.9 Å². The Morgan fingerprint density at radius 2 is 1.24 bits per heavy atom. The maximum absolute atomic E-state index is 9.82. The van der Waals surface area contributed by atoms with E-state index in [1.54, 1.807) is 14.2 Å². The minimum atomic E-state index is -0.553. The molecule has 0 aromatic heterocycles. The van der Waals surface area contributed by atoms with Crippen LogP contribution in [0.15, 0.2) is 24.3 Å². The Morgan fingerprint density at radius 1 is 0.810 bits per heavy atom. The second-order valence-corrected chi connectivity index (χ2v) is 6.95. The molecule has 0 unspecified atom stereocenters. The minimum Gasteiger partial charge on any atom is -0.396 e. The summed E-state index contributed by atoms with van der Waals surface area (Å²) in [6, 6.07) is 0. The highest BCUT2D eigenvalue weighted by molar-refractivity contribution is 5.31. The van der Waals surface area contributed by atoms with Gasteiger partial charge in [-0.05, 0) is 35.5 Å². The van der Waals surface area contributed by atoms with Crippen LogP contribution >= 0.6 is 0 Å². The Bertz CT molecular complexity index is 443. The highest BCUT2D eigenvalue weighted by Gasteiger charge is 2.69. The Morgan fingerprint density at radius 3 is 1.57 bits per heavy atom. The molecule has 2 N–H and O–H groups in total. The fourth-order valence-corrected chi connectivity index (χ4v) is 6.08. The Labute approximate surface area is 125 Å². The molecule has 0 aromatic carbocycles. The van der Waals surface area contributed by atoms with Gasteiger partial charge in [-0.3, -0.25) is 0 Å². The third-order valence-corrected chi connectivity index (χ3v) is 6.77. The molecule has 2 fully saturated rings. The molecule has 4 bridgehead atoms. The maximum atomic E-state index is 9.82. The molecule has 0 saturated heterocycles. The molecule has 0 aliphatic heterocycles. The van der Waals surface area contributed by atoms with Gasteiger partial charge in [-0.1, -0.05) is 24.3 Å². The smallest absolute Gasteiger partial charge is 0.180 e. The molecule has 0 aromatic rings. The van der Waals surface area contributed by atoms with Gasteiger partial charge in [-0.25, -0.2) is 0 Å². The molecular weight excluding hydrogens is 268 g/mol. The standard InChI is InChI=1S/C17H24O4/c1-20-17(21-2)13-5-6-14(17)16-10-4-3-9(15(13)16)11(7-18)12(10)8-19/h3-6,9-16,18-19H,7-8H2,1-2H3/t9-,10+,11-,12-,13-,14+,15+,16-/m1/s1. The van der Waals surface area contributed by atoms with E-state index in [2.05, 4.69) is 24.3 Å². The van der Waals surface area contributed by atoms with Crippen molar-refractivity contribution >= 4 is 0 Å². The predicted molar refractivity (Wildman–Crippen MR) is 77.1 cm³/mol. The van der Waals surface area contributed by atoms with E-state index in [1.807, 2.05) is 0 Å². The van der Waals surface area contributed by atoms with Gasteiger partial charge in [-0.15, -0.1) is 0 Å². The van der Waals surface area contributed by atoms with Gasteiger partial charge in [0.25, 0.3) is 0 Å². The predicted octanol–water partition coefficient (Wildman–Crippen LogP) is 1.06. The van der Waals surface area contributed by atoms with Crippen molar-refractivity contribution in [2.45, 2.75) is 5.79 Å². The zero-order valence-corrected chi connectivity index (χ0v) is 12.6. The number of ether oxygens (including phenoxy) is 2.